The second-order valence-corrected chi connectivity index (χ2v) is 1.33. The van der Waals surface area contributed by atoms with Crippen LogP contribution in [-0.4, -0.2) is 23.5 Å². The van der Waals surface area contributed by atoms with Crippen molar-refractivity contribution in [3.05, 3.63) is 0 Å². The van der Waals surface area contributed by atoms with Gasteiger partial charge in [0, 0.05) is 16.0 Å². The standard InChI is InChI=1S/C6H11NO3/c1-2-3-5(8)7-4-6(9)10/h2-4H2,1H3,(H,7,8)(H,9,10)/i1D3,2D2,3D2. The van der Waals surface area contributed by atoms with Gasteiger partial charge in [-0.15, -0.1) is 0 Å². The minimum Gasteiger partial charge on any atom is -0.480 e. The third-order valence-corrected chi connectivity index (χ3v) is 0.576. The lowest BCUT2D eigenvalue weighted by molar-refractivity contribution is -0.137. The molecule has 0 rings (SSSR count). The molecule has 0 radical (unpaired) electrons. The monoisotopic (exact) mass is 152 g/mol. The van der Waals surface area contributed by atoms with Crippen LogP contribution in [0.4, 0.5) is 0 Å². The molecule has 0 atom stereocenters. The second kappa shape index (κ2) is 4.78. The minimum absolute atomic E-state index is 0.921. The molecular formula is C6H11NO3. The van der Waals surface area contributed by atoms with Gasteiger partial charge in [0.2, 0.25) is 5.91 Å². The lowest BCUT2D eigenvalue weighted by atomic mass is 10.3. The van der Waals surface area contributed by atoms with Gasteiger partial charge in [-0.25, -0.2) is 0 Å². The van der Waals surface area contributed by atoms with Gasteiger partial charge < -0.3 is 10.4 Å². The van der Waals surface area contributed by atoms with Crippen LogP contribution in [0.25, 0.3) is 0 Å². The third-order valence-electron chi connectivity index (χ3n) is 0.576. The summed E-state index contributed by atoms with van der Waals surface area (Å²) in [6.07, 6.45) is -6.80. The van der Waals surface area contributed by atoms with Crippen LogP contribution in [-0.2, 0) is 9.59 Å². The average Bonchev–Trinajstić information content (AvgIpc) is 2.11. The van der Waals surface area contributed by atoms with Crippen LogP contribution in [0, 0.1) is 0 Å². The van der Waals surface area contributed by atoms with E-state index in [2.05, 4.69) is 0 Å². The van der Waals surface area contributed by atoms with Crippen LogP contribution >= 0.6 is 0 Å². The van der Waals surface area contributed by atoms with Gasteiger partial charge in [-0.1, -0.05) is 6.85 Å². The molecule has 0 spiro atoms. The Morgan fingerprint density at radius 1 is 1.80 bits per heavy atom. The van der Waals surface area contributed by atoms with Gasteiger partial charge >= 0.3 is 5.97 Å². The molecule has 58 valence electrons. The number of carboxylic acids is 1. The molecule has 0 saturated carbocycles. The molecule has 0 aliphatic rings. The number of aliphatic carboxylic acids is 1. The molecule has 0 aromatic heterocycles. The van der Waals surface area contributed by atoms with Gasteiger partial charge in [0.15, 0.2) is 0 Å². The molecule has 0 bridgehead atoms. The summed E-state index contributed by atoms with van der Waals surface area (Å²) >= 11 is 0. The molecular weight excluding hydrogens is 134 g/mol. The number of carbonyl (C=O) groups excluding carboxylic acids is 1. The van der Waals surface area contributed by atoms with Gasteiger partial charge in [0.1, 0.15) is 6.54 Å². The first kappa shape index (κ1) is 2.53. The summed E-state index contributed by atoms with van der Waals surface area (Å²) in [6.45, 7) is -4.27. The van der Waals surface area contributed by atoms with Crippen molar-refractivity contribution in [1.82, 2.24) is 5.32 Å². The van der Waals surface area contributed by atoms with Crippen LogP contribution in [0.5, 0.6) is 0 Å². The highest BCUT2D eigenvalue weighted by Crippen LogP contribution is 1.83. The second-order valence-electron chi connectivity index (χ2n) is 1.33. The van der Waals surface area contributed by atoms with Gasteiger partial charge in [0.05, 0.1) is 0 Å². The number of hydrogen-bond donors (Lipinski definition) is 2. The van der Waals surface area contributed by atoms with Crippen molar-refractivity contribution < 1.29 is 24.3 Å². The lowest BCUT2D eigenvalue weighted by Crippen LogP contribution is -2.28. The van der Waals surface area contributed by atoms with Crippen molar-refractivity contribution in [2.75, 3.05) is 6.54 Å². The highest BCUT2D eigenvalue weighted by molar-refractivity contribution is 5.80. The lowest BCUT2D eigenvalue weighted by Gasteiger charge is -1.97. The summed E-state index contributed by atoms with van der Waals surface area (Å²) in [4.78, 5) is 21.4. The van der Waals surface area contributed by atoms with E-state index in [1.807, 2.05) is 0 Å². The van der Waals surface area contributed by atoms with Gasteiger partial charge in [-0.05, 0) is 6.37 Å². The van der Waals surface area contributed by atoms with E-state index in [-0.39, 0.29) is 0 Å². The van der Waals surface area contributed by atoms with E-state index in [9.17, 15) is 9.59 Å². The van der Waals surface area contributed by atoms with E-state index in [1.165, 1.54) is 0 Å². The van der Waals surface area contributed by atoms with Crippen molar-refractivity contribution in [3.63, 3.8) is 0 Å². The topological polar surface area (TPSA) is 66.4 Å². The molecule has 0 aliphatic heterocycles. The Bertz CT molecular complexity index is 324. The van der Waals surface area contributed by atoms with Crippen LogP contribution in [0.1, 0.15) is 29.2 Å². The summed E-state index contributed by atoms with van der Waals surface area (Å²) in [5.41, 5.74) is 0. The fourth-order valence-electron chi connectivity index (χ4n) is 0.257. The molecule has 1 amide bonds. The van der Waals surface area contributed by atoms with Gasteiger partial charge in [-0.3, -0.25) is 9.59 Å². The molecule has 0 heterocycles. The molecule has 4 heteroatoms. The van der Waals surface area contributed by atoms with E-state index in [0.29, 0.717) is 0 Å². The van der Waals surface area contributed by atoms with E-state index < -0.39 is 38.0 Å². The number of hydrogen-bond acceptors (Lipinski definition) is 2. The summed E-state index contributed by atoms with van der Waals surface area (Å²) in [5, 5.41) is 9.85. The number of carboxylic acid groups (broad SMARTS) is 1. The molecule has 0 aliphatic carbocycles. The zero-order chi connectivity index (χ0) is 14.1. The molecule has 4 nitrogen and oxygen atoms in total. The van der Waals surface area contributed by atoms with Crippen LogP contribution in [0.3, 0.4) is 0 Å². The summed E-state index contributed by atoms with van der Waals surface area (Å²) < 4.78 is 49.0. The third kappa shape index (κ3) is 5.08. The first-order chi connectivity index (χ1) is 7.34. The van der Waals surface area contributed by atoms with Crippen molar-refractivity contribution in [1.29, 1.82) is 0 Å². The molecule has 0 fully saturated rings. The Labute approximate surface area is 69.1 Å². The fraction of sp³-hybridized carbons (Fsp3) is 0.667. The summed E-state index contributed by atoms with van der Waals surface area (Å²) in [5.74, 6) is -3.08. The summed E-state index contributed by atoms with van der Waals surface area (Å²) in [7, 11) is 0. The minimum atomic E-state index is -3.43. The van der Waals surface area contributed by atoms with Crippen LogP contribution in [0.15, 0.2) is 0 Å². The average molecular weight is 152 g/mol. The Balaban J connectivity index is 5.00. The van der Waals surface area contributed by atoms with Crippen LogP contribution in [0.2, 0.25) is 0 Å². The number of amides is 1. The van der Waals surface area contributed by atoms with E-state index >= 15 is 0 Å². The Morgan fingerprint density at radius 3 is 3.00 bits per heavy atom. The number of rotatable bonds is 4. The van der Waals surface area contributed by atoms with Crippen LogP contribution < -0.4 is 5.32 Å². The normalized spacial score (nSPS) is 23.4. The molecule has 10 heavy (non-hydrogen) atoms. The quantitative estimate of drug-likeness (QED) is 0.595. The smallest absolute Gasteiger partial charge is 0.322 e. The van der Waals surface area contributed by atoms with E-state index in [0.717, 1.165) is 0 Å². The van der Waals surface area contributed by atoms with Gasteiger partial charge in [-0.2, -0.15) is 0 Å². The van der Waals surface area contributed by atoms with Crippen molar-refractivity contribution >= 4 is 11.9 Å². The van der Waals surface area contributed by atoms with Crippen molar-refractivity contribution in [2.45, 2.75) is 19.6 Å². The Kier molecular flexibility index (Phi) is 1.21. The Hall–Kier alpha value is -1.06. The maximum atomic E-state index is 11.2. The van der Waals surface area contributed by atoms with Gasteiger partial charge in [0.25, 0.3) is 0 Å². The van der Waals surface area contributed by atoms with E-state index in [4.69, 9.17) is 14.7 Å². The Morgan fingerprint density at radius 2 is 2.50 bits per heavy atom. The highest BCUT2D eigenvalue weighted by atomic mass is 16.4. The maximum absolute atomic E-state index is 11.2. The molecule has 0 saturated heterocycles. The fourth-order valence-corrected chi connectivity index (χ4v) is 0.257. The van der Waals surface area contributed by atoms with Crippen molar-refractivity contribution in [3.8, 4) is 0 Å². The molecule has 0 unspecified atom stereocenters. The predicted molar refractivity (Wildman–Crippen MR) is 35.6 cm³/mol. The maximum Gasteiger partial charge on any atom is 0.322 e. The van der Waals surface area contributed by atoms with Crippen molar-refractivity contribution in [2.24, 2.45) is 0 Å². The highest BCUT2D eigenvalue weighted by Gasteiger charge is 2.00. The zero-order valence-corrected chi connectivity index (χ0v) is 4.97. The first-order valence-corrected chi connectivity index (χ1v) is 2.34. The largest absolute Gasteiger partial charge is 0.480 e. The number of nitrogens with one attached hydrogen (secondary N) is 1. The van der Waals surface area contributed by atoms with E-state index in [1.54, 1.807) is 5.32 Å². The summed E-state index contributed by atoms with van der Waals surface area (Å²) in [6, 6.07) is 0. The molecule has 0 aromatic rings. The SMILES string of the molecule is [2H]C([2H])([2H])C([2H])([2H])C([2H])([2H])C(=O)NCC(=O)O. The first-order valence-electron chi connectivity index (χ1n) is 5.84. The molecule has 2 N–H and O–H groups in total. The molecule has 0 aromatic carbocycles. The predicted octanol–water partition coefficient (Wildman–Crippen LogP) is -0.0127. The zero-order valence-electron chi connectivity index (χ0n) is 12.0. The number of carbonyl (C=O) groups is 2.